The van der Waals surface area contributed by atoms with E-state index in [4.69, 9.17) is 11.5 Å². The van der Waals surface area contributed by atoms with Crippen LogP contribution in [0.2, 0.25) is 0 Å². The second kappa shape index (κ2) is 4.05. The predicted molar refractivity (Wildman–Crippen MR) is 69.6 cm³/mol. The van der Waals surface area contributed by atoms with Crippen LogP contribution in [0.1, 0.15) is 15.9 Å². The van der Waals surface area contributed by atoms with Crippen LogP contribution in [0.5, 0.6) is 0 Å². The Kier molecular flexibility index (Phi) is 2.38. The average molecular weight is 253 g/mol. The molecule has 93 valence electrons. The summed E-state index contributed by atoms with van der Waals surface area (Å²) in [6, 6.07) is 1.74. The van der Waals surface area contributed by atoms with Crippen LogP contribution < -0.4 is 16.8 Å². The van der Waals surface area contributed by atoms with Crippen molar-refractivity contribution in [1.82, 2.24) is 20.3 Å². The molecular formula is C12H9N6O. The Balaban J connectivity index is 2.15. The SMILES string of the molecule is Nc1ncc(-c2cc3c(c(N)n2)C(=O)[N]C=C3)cn1. The summed E-state index contributed by atoms with van der Waals surface area (Å²) in [4.78, 5) is 23.6. The summed E-state index contributed by atoms with van der Waals surface area (Å²) in [6.07, 6.45) is 6.24. The molecule has 0 saturated heterocycles. The highest BCUT2D eigenvalue weighted by atomic mass is 16.1. The molecule has 0 spiro atoms. The fourth-order valence-electron chi connectivity index (χ4n) is 1.82. The van der Waals surface area contributed by atoms with E-state index in [2.05, 4.69) is 20.3 Å². The van der Waals surface area contributed by atoms with Crippen molar-refractivity contribution in [2.24, 2.45) is 0 Å². The smallest absolute Gasteiger partial charge is 0.281 e. The second-order valence-corrected chi connectivity index (χ2v) is 3.94. The third-order valence-electron chi connectivity index (χ3n) is 2.71. The number of aromatic nitrogens is 3. The number of anilines is 2. The first-order chi connectivity index (χ1) is 9.15. The summed E-state index contributed by atoms with van der Waals surface area (Å²) in [6.45, 7) is 0. The van der Waals surface area contributed by atoms with Crippen molar-refractivity contribution >= 4 is 23.7 Å². The van der Waals surface area contributed by atoms with E-state index >= 15 is 0 Å². The van der Waals surface area contributed by atoms with E-state index in [-0.39, 0.29) is 17.7 Å². The first-order valence-electron chi connectivity index (χ1n) is 5.45. The normalized spacial score (nSPS) is 12.9. The summed E-state index contributed by atoms with van der Waals surface area (Å²) < 4.78 is 0. The van der Waals surface area contributed by atoms with Crippen LogP contribution in [0.3, 0.4) is 0 Å². The largest absolute Gasteiger partial charge is 0.383 e. The molecule has 1 amide bonds. The highest BCUT2D eigenvalue weighted by Crippen LogP contribution is 2.26. The lowest BCUT2D eigenvalue weighted by Crippen LogP contribution is -2.18. The molecule has 0 aromatic carbocycles. The van der Waals surface area contributed by atoms with E-state index in [0.717, 1.165) is 0 Å². The molecule has 1 aliphatic heterocycles. The van der Waals surface area contributed by atoms with Crippen molar-refractivity contribution < 1.29 is 4.79 Å². The van der Waals surface area contributed by atoms with Gasteiger partial charge in [0, 0.05) is 24.2 Å². The first-order valence-corrected chi connectivity index (χ1v) is 5.45. The minimum Gasteiger partial charge on any atom is -0.383 e. The van der Waals surface area contributed by atoms with Gasteiger partial charge in [0.1, 0.15) is 5.82 Å². The van der Waals surface area contributed by atoms with Gasteiger partial charge in [0.15, 0.2) is 0 Å². The average Bonchev–Trinajstić information content (AvgIpc) is 2.39. The molecule has 4 N–H and O–H groups in total. The van der Waals surface area contributed by atoms with Crippen LogP contribution in [0.25, 0.3) is 17.3 Å². The first kappa shape index (κ1) is 11.1. The molecule has 7 nitrogen and oxygen atoms in total. The maximum Gasteiger partial charge on any atom is 0.281 e. The van der Waals surface area contributed by atoms with Crippen LogP contribution in [0, 0.1) is 0 Å². The topological polar surface area (TPSA) is 122 Å². The molecule has 7 heteroatoms. The molecule has 2 aromatic rings. The van der Waals surface area contributed by atoms with Gasteiger partial charge < -0.3 is 11.5 Å². The van der Waals surface area contributed by atoms with E-state index in [1.54, 1.807) is 24.5 Å². The number of fused-ring (bicyclic) bond motifs is 1. The number of nitrogens with zero attached hydrogens (tertiary/aromatic N) is 4. The predicted octanol–water partition coefficient (Wildman–Crippen LogP) is 0.432. The van der Waals surface area contributed by atoms with Crippen LogP contribution in [-0.2, 0) is 0 Å². The van der Waals surface area contributed by atoms with E-state index in [9.17, 15) is 4.79 Å². The summed E-state index contributed by atoms with van der Waals surface area (Å²) in [7, 11) is 0. The van der Waals surface area contributed by atoms with E-state index in [0.29, 0.717) is 22.4 Å². The molecule has 19 heavy (non-hydrogen) atoms. The van der Waals surface area contributed by atoms with E-state index in [1.807, 2.05) is 0 Å². The van der Waals surface area contributed by atoms with Crippen molar-refractivity contribution in [3.63, 3.8) is 0 Å². The van der Waals surface area contributed by atoms with Crippen molar-refractivity contribution in [2.75, 3.05) is 11.5 Å². The minimum atomic E-state index is -0.386. The lowest BCUT2D eigenvalue weighted by molar-refractivity contribution is 0.0965. The maximum absolute atomic E-state index is 11.6. The van der Waals surface area contributed by atoms with E-state index < -0.39 is 0 Å². The zero-order valence-corrected chi connectivity index (χ0v) is 9.74. The summed E-state index contributed by atoms with van der Waals surface area (Å²) in [5, 5.41) is 3.67. The number of amides is 1. The van der Waals surface area contributed by atoms with Gasteiger partial charge >= 0.3 is 0 Å². The van der Waals surface area contributed by atoms with Crippen molar-refractivity contribution in [1.29, 1.82) is 0 Å². The zero-order valence-electron chi connectivity index (χ0n) is 9.74. The van der Waals surface area contributed by atoms with Gasteiger partial charge in [-0.1, -0.05) is 0 Å². The zero-order chi connectivity index (χ0) is 13.4. The molecule has 3 rings (SSSR count). The number of hydrogen-bond acceptors (Lipinski definition) is 6. The highest BCUT2D eigenvalue weighted by Gasteiger charge is 2.20. The minimum absolute atomic E-state index is 0.141. The molecular weight excluding hydrogens is 244 g/mol. The summed E-state index contributed by atoms with van der Waals surface area (Å²) in [5.74, 6) is -0.0615. The van der Waals surface area contributed by atoms with E-state index in [1.165, 1.54) is 6.20 Å². The third-order valence-corrected chi connectivity index (χ3v) is 2.71. The molecule has 1 aliphatic rings. The van der Waals surface area contributed by atoms with Gasteiger partial charge in [0.2, 0.25) is 5.95 Å². The quantitative estimate of drug-likeness (QED) is 0.760. The van der Waals surface area contributed by atoms with Gasteiger partial charge in [-0.05, 0) is 17.7 Å². The molecule has 2 aromatic heterocycles. The fourth-order valence-corrected chi connectivity index (χ4v) is 1.82. The number of pyridine rings is 1. The maximum atomic E-state index is 11.6. The van der Waals surface area contributed by atoms with Crippen molar-refractivity contribution in [3.05, 3.63) is 35.8 Å². The highest BCUT2D eigenvalue weighted by molar-refractivity contribution is 6.04. The molecule has 0 fully saturated rings. The Morgan fingerprint density at radius 2 is 1.84 bits per heavy atom. The lowest BCUT2D eigenvalue weighted by Gasteiger charge is -2.12. The van der Waals surface area contributed by atoms with Gasteiger partial charge in [0.05, 0.1) is 11.3 Å². The number of carbonyl (C=O) groups is 1. The fraction of sp³-hybridized carbons (Fsp3) is 0. The van der Waals surface area contributed by atoms with Crippen LogP contribution >= 0.6 is 0 Å². The number of nitrogens with two attached hydrogens (primary N) is 2. The molecule has 3 heterocycles. The number of carbonyl (C=O) groups excluding carboxylic acids is 1. The van der Waals surface area contributed by atoms with Crippen molar-refractivity contribution in [2.45, 2.75) is 0 Å². The third kappa shape index (κ3) is 1.86. The number of hydrogen-bond donors (Lipinski definition) is 2. The Bertz CT molecular complexity index is 692. The Hall–Kier alpha value is -2.96. The summed E-state index contributed by atoms with van der Waals surface area (Å²) >= 11 is 0. The molecule has 0 aliphatic carbocycles. The van der Waals surface area contributed by atoms with Gasteiger partial charge in [-0.2, -0.15) is 0 Å². The Labute approximate surface area is 108 Å². The second-order valence-electron chi connectivity index (χ2n) is 3.94. The molecule has 0 bridgehead atoms. The van der Waals surface area contributed by atoms with Gasteiger partial charge in [0.25, 0.3) is 5.91 Å². The summed E-state index contributed by atoms with van der Waals surface area (Å²) in [5.41, 5.74) is 13.5. The number of rotatable bonds is 1. The van der Waals surface area contributed by atoms with Crippen LogP contribution in [0.4, 0.5) is 11.8 Å². The molecule has 0 unspecified atom stereocenters. The van der Waals surface area contributed by atoms with Crippen LogP contribution in [0.15, 0.2) is 24.7 Å². The van der Waals surface area contributed by atoms with Crippen LogP contribution in [-0.4, -0.2) is 20.9 Å². The Morgan fingerprint density at radius 1 is 1.11 bits per heavy atom. The van der Waals surface area contributed by atoms with Gasteiger partial charge in [-0.3, -0.25) is 4.79 Å². The van der Waals surface area contributed by atoms with Gasteiger partial charge in [-0.25, -0.2) is 20.3 Å². The standard InChI is InChI=1S/C12H9N6O/c13-10-9-6(1-2-15-11(9)19)3-8(18-10)7-4-16-12(14)17-5-7/h1-5H,(H2,13,18)(H2,14,16,17). The monoisotopic (exact) mass is 253 g/mol. The molecule has 1 radical (unpaired) electrons. The lowest BCUT2D eigenvalue weighted by atomic mass is 10.0. The van der Waals surface area contributed by atoms with Crippen molar-refractivity contribution in [3.8, 4) is 11.3 Å². The molecule has 0 atom stereocenters. The van der Waals surface area contributed by atoms with Gasteiger partial charge in [-0.15, -0.1) is 0 Å². The number of nitrogen functional groups attached to an aromatic ring is 2. The molecule has 0 saturated carbocycles. The Morgan fingerprint density at radius 3 is 2.58 bits per heavy atom.